The molecule has 0 radical (unpaired) electrons. The first-order valence-electron chi connectivity index (χ1n) is 6.27. The molecule has 0 bridgehead atoms. The summed E-state index contributed by atoms with van der Waals surface area (Å²) in [5, 5.41) is 5.55. The van der Waals surface area contributed by atoms with Gasteiger partial charge in [0.1, 0.15) is 0 Å². The van der Waals surface area contributed by atoms with Crippen LogP contribution in [0.2, 0.25) is 5.02 Å². The van der Waals surface area contributed by atoms with Gasteiger partial charge >= 0.3 is 6.03 Å². The van der Waals surface area contributed by atoms with Gasteiger partial charge in [0.2, 0.25) is 0 Å². The van der Waals surface area contributed by atoms with Gasteiger partial charge in [0, 0.05) is 23.2 Å². The summed E-state index contributed by atoms with van der Waals surface area (Å²) in [5.41, 5.74) is 5.60. The van der Waals surface area contributed by atoms with E-state index in [1.807, 2.05) is 12.2 Å². The number of primary amides is 1. The van der Waals surface area contributed by atoms with Crippen molar-refractivity contribution in [1.82, 2.24) is 10.6 Å². The van der Waals surface area contributed by atoms with Gasteiger partial charge in [0.05, 0.1) is 7.11 Å². The van der Waals surface area contributed by atoms with Crippen LogP contribution in [0.15, 0.2) is 12.1 Å². The van der Waals surface area contributed by atoms with Crippen LogP contribution in [0, 0.1) is 0 Å². The third-order valence-corrected chi connectivity index (χ3v) is 2.71. The number of hydrogen-bond acceptors (Lipinski definition) is 5. The van der Waals surface area contributed by atoms with E-state index in [1.54, 1.807) is 12.1 Å². The predicted molar refractivity (Wildman–Crippen MR) is 78.6 cm³/mol. The molecule has 0 saturated carbocycles. The Bertz CT molecular complexity index is 522. The molecule has 1 aromatic carbocycles. The normalized spacial score (nSPS) is 10.0. The molecule has 0 heterocycles. The summed E-state index contributed by atoms with van der Waals surface area (Å²) in [7, 11) is 1.47. The number of rotatable bonds is 7. The van der Waals surface area contributed by atoms with Crippen LogP contribution in [0.3, 0.4) is 0 Å². The highest BCUT2D eigenvalue weighted by Gasteiger charge is 2.15. The van der Waals surface area contributed by atoms with Crippen LogP contribution in [-0.4, -0.2) is 32.2 Å². The molecule has 0 aliphatic heterocycles. The Labute approximate surface area is 127 Å². The van der Waals surface area contributed by atoms with Crippen molar-refractivity contribution in [3.8, 4) is 11.5 Å². The molecule has 0 aromatic heterocycles. The number of benzene rings is 1. The lowest BCUT2D eigenvalue weighted by Crippen LogP contribution is -2.38. The molecule has 0 spiro atoms. The largest absolute Gasteiger partial charge is 0.493 e. The number of carbonyl (C=O) groups is 2. The Morgan fingerprint density at radius 2 is 2.10 bits per heavy atom. The molecule has 1 rings (SSSR count). The summed E-state index contributed by atoms with van der Waals surface area (Å²) in [5.74, 6) is 0.152. The molecule has 8 heteroatoms. The van der Waals surface area contributed by atoms with Crippen molar-refractivity contribution in [3.05, 3.63) is 22.7 Å². The fourth-order valence-corrected chi connectivity index (χ4v) is 1.87. The van der Waals surface area contributed by atoms with Crippen molar-refractivity contribution in [3.63, 3.8) is 0 Å². The number of nitrogens with two attached hydrogens (primary N) is 1. The zero-order valence-corrected chi connectivity index (χ0v) is 12.6. The van der Waals surface area contributed by atoms with Gasteiger partial charge in [-0.2, -0.15) is 0 Å². The van der Waals surface area contributed by atoms with Crippen LogP contribution in [0.5, 0.6) is 11.5 Å². The van der Waals surface area contributed by atoms with Crippen LogP contribution in [0.4, 0.5) is 4.79 Å². The minimum atomic E-state index is -0.931. The van der Waals surface area contributed by atoms with Crippen LogP contribution in [0.25, 0.3) is 0 Å². The third kappa shape index (κ3) is 5.49. The summed E-state index contributed by atoms with van der Waals surface area (Å²) in [6, 6.07) is 2.37. The average Bonchev–Trinajstić information content (AvgIpc) is 2.42. The molecule has 4 N–H and O–H groups in total. The first-order valence-corrected chi connectivity index (χ1v) is 6.65. The van der Waals surface area contributed by atoms with E-state index >= 15 is 0 Å². The molecule has 0 fully saturated rings. The summed E-state index contributed by atoms with van der Waals surface area (Å²) >= 11 is 6.01. The Morgan fingerprint density at radius 3 is 2.67 bits per heavy atom. The standard InChI is InChI=1S/C13H18ClN3O4/c1-3-16-6-8-4-9(14)5-10(20-2)12(8)21-7-11(18)17-13(15)19/h4-5,16H,3,6-7H2,1-2H3,(H3,15,17,18,19). The van der Waals surface area contributed by atoms with Gasteiger partial charge < -0.3 is 20.5 Å². The molecule has 1 aromatic rings. The molecule has 0 unspecified atom stereocenters. The van der Waals surface area contributed by atoms with Crippen LogP contribution < -0.4 is 25.8 Å². The second-order valence-electron chi connectivity index (χ2n) is 4.08. The minimum absolute atomic E-state index is 0.361. The summed E-state index contributed by atoms with van der Waals surface area (Å²) < 4.78 is 10.6. The molecule has 7 nitrogen and oxygen atoms in total. The number of amides is 3. The summed E-state index contributed by atoms with van der Waals surface area (Å²) in [6.45, 7) is 2.86. The number of urea groups is 1. The Kier molecular flexibility index (Phi) is 6.77. The molecule has 0 aliphatic rings. The Balaban J connectivity index is 2.91. The monoisotopic (exact) mass is 315 g/mol. The smallest absolute Gasteiger partial charge is 0.318 e. The quantitative estimate of drug-likeness (QED) is 0.697. The van der Waals surface area contributed by atoms with E-state index in [2.05, 4.69) is 5.32 Å². The number of hydrogen-bond donors (Lipinski definition) is 3. The molecule has 0 aliphatic carbocycles. The topological polar surface area (TPSA) is 103 Å². The van der Waals surface area contributed by atoms with Crippen molar-refractivity contribution in [2.45, 2.75) is 13.5 Å². The maximum atomic E-state index is 11.4. The van der Waals surface area contributed by atoms with Gasteiger partial charge in [-0.3, -0.25) is 10.1 Å². The van der Waals surface area contributed by atoms with E-state index in [0.29, 0.717) is 23.1 Å². The lowest BCUT2D eigenvalue weighted by atomic mass is 10.2. The lowest BCUT2D eigenvalue weighted by Gasteiger charge is -2.15. The highest BCUT2D eigenvalue weighted by Crippen LogP contribution is 2.34. The van der Waals surface area contributed by atoms with Gasteiger partial charge in [-0.15, -0.1) is 0 Å². The zero-order valence-electron chi connectivity index (χ0n) is 11.9. The van der Waals surface area contributed by atoms with Gasteiger partial charge in [0.15, 0.2) is 18.1 Å². The molecule has 116 valence electrons. The molecule has 21 heavy (non-hydrogen) atoms. The molecular formula is C13H18ClN3O4. The number of carbonyl (C=O) groups excluding carboxylic acids is 2. The van der Waals surface area contributed by atoms with E-state index < -0.39 is 11.9 Å². The average molecular weight is 316 g/mol. The maximum absolute atomic E-state index is 11.4. The number of imide groups is 1. The molecular weight excluding hydrogens is 298 g/mol. The maximum Gasteiger partial charge on any atom is 0.318 e. The van der Waals surface area contributed by atoms with Gasteiger partial charge in [-0.1, -0.05) is 18.5 Å². The van der Waals surface area contributed by atoms with Gasteiger partial charge in [-0.05, 0) is 12.6 Å². The van der Waals surface area contributed by atoms with Crippen molar-refractivity contribution in [2.75, 3.05) is 20.3 Å². The molecule has 0 atom stereocenters. The lowest BCUT2D eigenvalue weighted by molar-refractivity contribution is -0.121. The number of halogens is 1. The molecule has 0 saturated heterocycles. The van der Waals surface area contributed by atoms with Crippen molar-refractivity contribution >= 4 is 23.5 Å². The fourth-order valence-electron chi connectivity index (χ4n) is 1.64. The van der Waals surface area contributed by atoms with Crippen molar-refractivity contribution in [1.29, 1.82) is 0 Å². The van der Waals surface area contributed by atoms with Gasteiger partial charge in [-0.25, -0.2) is 4.79 Å². The van der Waals surface area contributed by atoms with E-state index in [1.165, 1.54) is 7.11 Å². The van der Waals surface area contributed by atoms with E-state index in [9.17, 15) is 9.59 Å². The third-order valence-electron chi connectivity index (χ3n) is 2.49. The number of nitrogens with one attached hydrogen (secondary N) is 2. The number of ether oxygens (including phenoxy) is 2. The highest BCUT2D eigenvalue weighted by molar-refractivity contribution is 6.30. The second kappa shape index (κ2) is 8.33. The van der Waals surface area contributed by atoms with Crippen LogP contribution in [-0.2, 0) is 11.3 Å². The Hall–Kier alpha value is -1.99. The first-order chi connectivity index (χ1) is 9.97. The second-order valence-corrected chi connectivity index (χ2v) is 4.51. The van der Waals surface area contributed by atoms with Gasteiger partial charge in [0.25, 0.3) is 5.91 Å². The van der Waals surface area contributed by atoms with E-state index in [0.717, 1.165) is 12.1 Å². The number of methoxy groups -OCH3 is 1. The highest BCUT2D eigenvalue weighted by atomic mass is 35.5. The summed E-state index contributed by atoms with van der Waals surface area (Å²) in [6.07, 6.45) is 0. The van der Waals surface area contributed by atoms with E-state index in [-0.39, 0.29) is 6.61 Å². The first kappa shape index (κ1) is 17.1. The van der Waals surface area contributed by atoms with Crippen molar-refractivity contribution in [2.24, 2.45) is 5.73 Å². The SMILES string of the molecule is CCNCc1cc(Cl)cc(OC)c1OCC(=O)NC(N)=O. The zero-order chi connectivity index (χ0) is 15.8. The Morgan fingerprint density at radius 1 is 1.38 bits per heavy atom. The fraction of sp³-hybridized carbons (Fsp3) is 0.385. The van der Waals surface area contributed by atoms with E-state index in [4.69, 9.17) is 26.8 Å². The van der Waals surface area contributed by atoms with Crippen LogP contribution >= 0.6 is 11.6 Å². The van der Waals surface area contributed by atoms with Crippen molar-refractivity contribution < 1.29 is 19.1 Å². The minimum Gasteiger partial charge on any atom is -0.493 e. The molecule has 3 amide bonds. The van der Waals surface area contributed by atoms with Crippen LogP contribution in [0.1, 0.15) is 12.5 Å². The predicted octanol–water partition coefficient (Wildman–Crippen LogP) is 1.03. The summed E-state index contributed by atoms with van der Waals surface area (Å²) in [4.78, 5) is 22.0.